The molecule has 0 bridgehead atoms. The third kappa shape index (κ3) is 3.13. The Morgan fingerprint density at radius 2 is 1.78 bits per heavy atom. The van der Waals surface area contributed by atoms with Crippen molar-refractivity contribution in [2.45, 2.75) is 13.0 Å². The van der Waals surface area contributed by atoms with Crippen molar-refractivity contribution in [1.82, 2.24) is 0 Å². The number of ether oxygens (including phenoxy) is 1. The van der Waals surface area contributed by atoms with Crippen LogP contribution in [-0.2, 0) is 0 Å². The number of nitrogens with two attached hydrogens (primary N) is 1. The van der Waals surface area contributed by atoms with E-state index in [0.717, 1.165) is 26.0 Å². The second kappa shape index (κ2) is 5.87. The molecule has 2 rings (SSSR count). The summed E-state index contributed by atoms with van der Waals surface area (Å²) in [5, 5.41) is 0. The molecule has 1 atom stereocenters. The van der Waals surface area contributed by atoms with E-state index in [4.69, 9.17) is 10.5 Å². The van der Waals surface area contributed by atoms with Gasteiger partial charge >= 0.3 is 0 Å². The normalized spacial score (nSPS) is 12.2. The molecule has 4 heteroatoms. The van der Waals surface area contributed by atoms with Gasteiger partial charge in [-0.15, -0.1) is 0 Å². The minimum absolute atomic E-state index is 0.0735. The van der Waals surface area contributed by atoms with E-state index < -0.39 is 0 Å². The van der Waals surface area contributed by atoms with Crippen LogP contribution in [0.1, 0.15) is 18.5 Å². The first-order valence-corrected chi connectivity index (χ1v) is 7.14. The Kier molecular flexibility index (Phi) is 4.43. The summed E-state index contributed by atoms with van der Waals surface area (Å²) in [4.78, 5) is 0. The van der Waals surface area contributed by atoms with E-state index in [0.29, 0.717) is 0 Å². The average Bonchev–Trinajstić information content (AvgIpc) is 2.32. The van der Waals surface area contributed by atoms with Crippen molar-refractivity contribution in [3.63, 3.8) is 0 Å². The maximum Gasteiger partial charge on any atom is 0.141 e. The molecule has 2 aromatic rings. The van der Waals surface area contributed by atoms with Crippen molar-refractivity contribution in [3.8, 4) is 11.5 Å². The van der Waals surface area contributed by atoms with Crippen molar-refractivity contribution < 1.29 is 4.74 Å². The van der Waals surface area contributed by atoms with Gasteiger partial charge in [-0.1, -0.05) is 34.1 Å². The van der Waals surface area contributed by atoms with E-state index in [1.165, 1.54) is 0 Å². The highest BCUT2D eigenvalue weighted by Crippen LogP contribution is 2.34. The summed E-state index contributed by atoms with van der Waals surface area (Å²) in [6, 6.07) is 13.5. The van der Waals surface area contributed by atoms with Gasteiger partial charge in [-0.05, 0) is 47.1 Å². The average molecular weight is 371 g/mol. The first-order valence-electron chi connectivity index (χ1n) is 5.55. The Balaban J connectivity index is 2.39. The number of hydrogen-bond donors (Lipinski definition) is 1. The second-order valence-electron chi connectivity index (χ2n) is 4.00. The number of halogens is 2. The third-order valence-corrected chi connectivity index (χ3v) is 3.67. The van der Waals surface area contributed by atoms with Crippen molar-refractivity contribution in [3.05, 3.63) is 57.0 Å². The van der Waals surface area contributed by atoms with E-state index in [1.807, 2.05) is 49.4 Å². The van der Waals surface area contributed by atoms with Crippen molar-refractivity contribution in [2.75, 3.05) is 0 Å². The number of rotatable bonds is 3. The summed E-state index contributed by atoms with van der Waals surface area (Å²) >= 11 is 6.91. The molecular formula is C14H13Br2NO. The summed E-state index contributed by atoms with van der Waals surface area (Å²) < 4.78 is 7.81. The van der Waals surface area contributed by atoms with Gasteiger partial charge in [0.2, 0.25) is 0 Å². The molecular weight excluding hydrogens is 358 g/mol. The van der Waals surface area contributed by atoms with Crippen molar-refractivity contribution in [1.29, 1.82) is 0 Å². The molecule has 0 fully saturated rings. The molecule has 2 aromatic carbocycles. The van der Waals surface area contributed by atoms with Gasteiger partial charge in [-0.2, -0.15) is 0 Å². The van der Waals surface area contributed by atoms with Gasteiger partial charge in [-0.25, -0.2) is 0 Å². The molecule has 0 saturated carbocycles. The summed E-state index contributed by atoms with van der Waals surface area (Å²) in [7, 11) is 0. The SMILES string of the molecule is CC(N)c1ccc(Br)cc1Oc1ccccc1Br. The first kappa shape index (κ1) is 13.6. The lowest BCUT2D eigenvalue weighted by Crippen LogP contribution is -2.06. The van der Waals surface area contributed by atoms with Crippen LogP contribution in [0.2, 0.25) is 0 Å². The van der Waals surface area contributed by atoms with E-state index in [-0.39, 0.29) is 6.04 Å². The Morgan fingerprint density at radius 3 is 2.44 bits per heavy atom. The van der Waals surface area contributed by atoms with Crippen LogP contribution in [0.15, 0.2) is 51.4 Å². The van der Waals surface area contributed by atoms with Crippen LogP contribution in [0.5, 0.6) is 11.5 Å². The van der Waals surface area contributed by atoms with Gasteiger partial charge in [-0.3, -0.25) is 0 Å². The summed E-state index contributed by atoms with van der Waals surface area (Å²) in [6.45, 7) is 1.94. The van der Waals surface area contributed by atoms with E-state index >= 15 is 0 Å². The fraction of sp³-hybridized carbons (Fsp3) is 0.143. The van der Waals surface area contributed by atoms with Crippen molar-refractivity contribution in [2.24, 2.45) is 5.73 Å². The van der Waals surface area contributed by atoms with Crippen LogP contribution in [0.4, 0.5) is 0 Å². The fourth-order valence-electron chi connectivity index (χ4n) is 1.62. The smallest absolute Gasteiger partial charge is 0.141 e. The maximum absolute atomic E-state index is 5.95. The summed E-state index contributed by atoms with van der Waals surface area (Å²) in [5.41, 5.74) is 6.93. The van der Waals surface area contributed by atoms with Gasteiger partial charge < -0.3 is 10.5 Å². The molecule has 0 saturated heterocycles. The van der Waals surface area contributed by atoms with Crippen LogP contribution < -0.4 is 10.5 Å². The Hall–Kier alpha value is -0.840. The van der Waals surface area contributed by atoms with Gasteiger partial charge in [0.05, 0.1) is 4.47 Å². The van der Waals surface area contributed by atoms with E-state index in [9.17, 15) is 0 Å². The molecule has 0 spiro atoms. The lowest BCUT2D eigenvalue weighted by atomic mass is 10.1. The van der Waals surface area contributed by atoms with Gasteiger partial charge in [0.1, 0.15) is 11.5 Å². The van der Waals surface area contributed by atoms with E-state index in [2.05, 4.69) is 31.9 Å². The molecule has 0 aromatic heterocycles. The standard InChI is InChI=1S/C14H13Br2NO/c1-9(17)11-7-6-10(15)8-14(11)18-13-5-3-2-4-12(13)16/h2-9H,17H2,1H3. The van der Waals surface area contributed by atoms with Crippen LogP contribution >= 0.6 is 31.9 Å². The molecule has 0 aliphatic heterocycles. The highest BCUT2D eigenvalue weighted by Gasteiger charge is 2.10. The molecule has 0 aliphatic rings. The number of benzene rings is 2. The minimum atomic E-state index is -0.0735. The summed E-state index contributed by atoms with van der Waals surface area (Å²) in [5.74, 6) is 1.55. The third-order valence-electron chi connectivity index (χ3n) is 2.52. The lowest BCUT2D eigenvalue weighted by Gasteiger charge is -2.15. The Bertz CT molecular complexity index is 555. The largest absolute Gasteiger partial charge is 0.456 e. The molecule has 18 heavy (non-hydrogen) atoms. The predicted octanol–water partition coefficient (Wildman–Crippen LogP) is 5.02. The second-order valence-corrected chi connectivity index (χ2v) is 5.77. The number of hydrogen-bond acceptors (Lipinski definition) is 2. The Labute approximate surface area is 123 Å². The molecule has 2 N–H and O–H groups in total. The topological polar surface area (TPSA) is 35.2 Å². The Morgan fingerprint density at radius 1 is 1.06 bits per heavy atom. The molecule has 0 amide bonds. The lowest BCUT2D eigenvalue weighted by molar-refractivity contribution is 0.469. The minimum Gasteiger partial charge on any atom is -0.456 e. The van der Waals surface area contributed by atoms with Crippen LogP contribution in [0.25, 0.3) is 0 Å². The summed E-state index contributed by atoms with van der Waals surface area (Å²) in [6.07, 6.45) is 0. The zero-order chi connectivity index (χ0) is 13.1. The van der Waals surface area contributed by atoms with Crippen LogP contribution in [-0.4, -0.2) is 0 Å². The molecule has 2 nitrogen and oxygen atoms in total. The van der Waals surface area contributed by atoms with E-state index in [1.54, 1.807) is 0 Å². The predicted molar refractivity (Wildman–Crippen MR) is 81.0 cm³/mol. The van der Waals surface area contributed by atoms with Crippen LogP contribution in [0.3, 0.4) is 0 Å². The zero-order valence-corrected chi connectivity index (χ0v) is 13.0. The monoisotopic (exact) mass is 369 g/mol. The van der Waals surface area contributed by atoms with Gasteiger partial charge in [0, 0.05) is 16.1 Å². The van der Waals surface area contributed by atoms with Gasteiger partial charge in [0.25, 0.3) is 0 Å². The zero-order valence-electron chi connectivity index (χ0n) is 9.86. The molecule has 1 unspecified atom stereocenters. The van der Waals surface area contributed by atoms with Gasteiger partial charge in [0.15, 0.2) is 0 Å². The molecule has 94 valence electrons. The quantitative estimate of drug-likeness (QED) is 0.822. The van der Waals surface area contributed by atoms with Crippen molar-refractivity contribution >= 4 is 31.9 Å². The molecule has 0 radical (unpaired) electrons. The first-order chi connectivity index (χ1) is 8.58. The fourth-order valence-corrected chi connectivity index (χ4v) is 2.32. The highest BCUT2D eigenvalue weighted by molar-refractivity contribution is 9.10. The maximum atomic E-state index is 5.95. The molecule has 0 aliphatic carbocycles. The van der Waals surface area contributed by atoms with Crippen LogP contribution in [0, 0.1) is 0 Å². The number of para-hydroxylation sites is 1. The molecule has 0 heterocycles. The highest BCUT2D eigenvalue weighted by atomic mass is 79.9.